The lowest BCUT2D eigenvalue weighted by Gasteiger charge is -2.47. The van der Waals surface area contributed by atoms with Gasteiger partial charge in [0.1, 0.15) is 0 Å². The summed E-state index contributed by atoms with van der Waals surface area (Å²) in [5.41, 5.74) is 0. The van der Waals surface area contributed by atoms with Crippen molar-refractivity contribution in [2.75, 3.05) is 26.2 Å². The molecule has 17 heavy (non-hydrogen) atoms. The van der Waals surface area contributed by atoms with E-state index in [-0.39, 0.29) is 11.2 Å². The van der Waals surface area contributed by atoms with Gasteiger partial charge in [-0.3, -0.25) is 9.69 Å². The lowest BCUT2D eigenvalue weighted by molar-refractivity contribution is -0.136. The molecule has 2 saturated heterocycles. The lowest BCUT2D eigenvalue weighted by Crippen LogP contribution is -2.62. The first-order valence-corrected chi connectivity index (χ1v) is 7.50. The number of piperidine rings is 1. The van der Waals surface area contributed by atoms with Crippen LogP contribution in [0.3, 0.4) is 0 Å². The van der Waals surface area contributed by atoms with E-state index >= 15 is 0 Å². The van der Waals surface area contributed by atoms with Crippen molar-refractivity contribution < 1.29 is 13.2 Å². The van der Waals surface area contributed by atoms with Crippen LogP contribution in [0.5, 0.6) is 0 Å². The van der Waals surface area contributed by atoms with Gasteiger partial charge in [0, 0.05) is 26.1 Å². The number of rotatable bonds is 2. The van der Waals surface area contributed by atoms with Crippen molar-refractivity contribution in [1.82, 2.24) is 9.80 Å². The minimum Gasteiger partial charge on any atom is -0.340 e. The third-order valence-corrected chi connectivity index (χ3v) is 5.17. The molecular formula is C10H19N3O3S. The molecule has 0 radical (unpaired) electrons. The molecule has 1 amide bonds. The highest BCUT2D eigenvalue weighted by molar-refractivity contribution is 7.89. The van der Waals surface area contributed by atoms with Crippen molar-refractivity contribution in [1.29, 1.82) is 0 Å². The molecule has 98 valence electrons. The molecule has 2 aliphatic heterocycles. The number of hydrogen-bond acceptors (Lipinski definition) is 4. The Balaban J connectivity index is 1.79. The second kappa shape index (κ2) is 4.55. The second-order valence-corrected chi connectivity index (χ2v) is 6.75. The van der Waals surface area contributed by atoms with Crippen molar-refractivity contribution >= 4 is 15.9 Å². The monoisotopic (exact) mass is 261 g/mol. The number of carbonyl (C=O) groups is 1. The van der Waals surface area contributed by atoms with Crippen LogP contribution >= 0.6 is 0 Å². The standard InChI is InChI=1S/C10H19N3O3S/c1-8(14)13-6-9(7-13)12-4-2-10(3-5-12)17(11,15)16/h9-10H,2-7H2,1H3,(H2,11,15,16). The molecular weight excluding hydrogens is 242 g/mol. The van der Waals surface area contributed by atoms with E-state index in [9.17, 15) is 13.2 Å². The summed E-state index contributed by atoms with van der Waals surface area (Å²) in [6, 6.07) is 0.403. The lowest BCUT2D eigenvalue weighted by atomic mass is 10.0. The molecule has 0 aromatic carbocycles. The summed E-state index contributed by atoms with van der Waals surface area (Å²) >= 11 is 0. The van der Waals surface area contributed by atoms with Crippen LogP contribution in [-0.4, -0.2) is 61.6 Å². The number of likely N-dealkylation sites (tertiary alicyclic amines) is 2. The van der Waals surface area contributed by atoms with Crippen molar-refractivity contribution in [3.63, 3.8) is 0 Å². The van der Waals surface area contributed by atoms with Gasteiger partial charge in [0.25, 0.3) is 0 Å². The van der Waals surface area contributed by atoms with Gasteiger partial charge < -0.3 is 4.90 Å². The van der Waals surface area contributed by atoms with E-state index in [1.54, 1.807) is 11.8 Å². The largest absolute Gasteiger partial charge is 0.340 e. The average Bonchev–Trinajstić information content (AvgIpc) is 2.14. The Morgan fingerprint density at radius 1 is 1.24 bits per heavy atom. The van der Waals surface area contributed by atoms with Gasteiger partial charge >= 0.3 is 0 Å². The van der Waals surface area contributed by atoms with Crippen molar-refractivity contribution in [2.24, 2.45) is 5.14 Å². The van der Waals surface area contributed by atoms with Crippen molar-refractivity contribution in [2.45, 2.75) is 31.1 Å². The molecule has 6 nitrogen and oxygen atoms in total. The van der Waals surface area contributed by atoms with Crippen LogP contribution in [0.2, 0.25) is 0 Å². The number of nitrogens with zero attached hydrogens (tertiary/aromatic N) is 2. The second-order valence-electron chi connectivity index (χ2n) is 4.90. The van der Waals surface area contributed by atoms with Crippen LogP contribution in [0, 0.1) is 0 Å². The molecule has 2 N–H and O–H groups in total. The van der Waals surface area contributed by atoms with E-state index in [2.05, 4.69) is 4.90 Å². The molecule has 2 aliphatic rings. The fraction of sp³-hybridized carbons (Fsp3) is 0.900. The molecule has 0 aromatic heterocycles. The Morgan fingerprint density at radius 2 is 1.76 bits per heavy atom. The van der Waals surface area contributed by atoms with E-state index in [1.165, 1.54) is 0 Å². The predicted molar refractivity (Wildman–Crippen MR) is 63.7 cm³/mol. The molecule has 7 heteroatoms. The van der Waals surface area contributed by atoms with Gasteiger partial charge in [-0.25, -0.2) is 13.6 Å². The maximum Gasteiger partial charge on any atom is 0.219 e. The van der Waals surface area contributed by atoms with Crippen molar-refractivity contribution in [3.05, 3.63) is 0 Å². The number of primary sulfonamides is 1. The van der Waals surface area contributed by atoms with E-state index in [0.717, 1.165) is 26.2 Å². The minimum absolute atomic E-state index is 0.112. The van der Waals surface area contributed by atoms with Crippen LogP contribution in [0.4, 0.5) is 0 Å². The van der Waals surface area contributed by atoms with Gasteiger partial charge in [-0.2, -0.15) is 0 Å². The quantitative estimate of drug-likeness (QED) is 0.689. The van der Waals surface area contributed by atoms with Crippen LogP contribution in [0.1, 0.15) is 19.8 Å². The van der Waals surface area contributed by atoms with Gasteiger partial charge in [0.15, 0.2) is 0 Å². The van der Waals surface area contributed by atoms with Gasteiger partial charge in [-0.1, -0.05) is 0 Å². The van der Waals surface area contributed by atoms with Crippen LogP contribution in [0.15, 0.2) is 0 Å². The third-order valence-electron chi connectivity index (χ3n) is 3.77. The van der Waals surface area contributed by atoms with E-state index in [0.29, 0.717) is 18.9 Å². The van der Waals surface area contributed by atoms with Gasteiger partial charge in [-0.05, 0) is 25.9 Å². The Hall–Kier alpha value is -0.660. The summed E-state index contributed by atoms with van der Waals surface area (Å²) < 4.78 is 22.4. The molecule has 0 spiro atoms. The SMILES string of the molecule is CC(=O)N1CC(N2CCC(S(N)(=O)=O)CC2)C1. The van der Waals surface area contributed by atoms with Crippen LogP contribution in [-0.2, 0) is 14.8 Å². The summed E-state index contributed by atoms with van der Waals surface area (Å²) in [6.45, 7) is 4.64. The fourth-order valence-corrected chi connectivity index (χ4v) is 3.38. The first-order chi connectivity index (χ1) is 7.88. The molecule has 0 atom stereocenters. The number of nitrogens with two attached hydrogens (primary N) is 1. The molecule has 2 rings (SSSR count). The summed E-state index contributed by atoms with van der Waals surface area (Å²) in [7, 11) is -3.38. The molecule has 2 fully saturated rings. The van der Waals surface area contributed by atoms with E-state index in [4.69, 9.17) is 5.14 Å². The van der Waals surface area contributed by atoms with Crippen LogP contribution < -0.4 is 5.14 Å². The average molecular weight is 261 g/mol. The highest BCUT2D eigenvalue weighted by Crippen LogP contribution is 2.22. The Kier molecular flexibility index (Phi) is 3.42. The highest BCUT2D eigenvalue weighted by atomic mass is 32.2. The summed E-state index contributed by atoms with van der Waals surface area (Å²) in [5.74, 6) is 0.112. The highest BCUT2D eigenvalue weighted by Gasteiger charge is 2.36. The minimum atomic E-state index is -3.38. The van der Waals surface area contributed by atoms with Gasteiger partial charge in [0.2, 0.25) is 15.9 Å². The zero-order chi connectivity index (χ0) is 12.6. The smallest absolute Gasteiger partial charge is 0.219 e. The van der Waals surface area contributed by atoms with Crippen molar-refractivity contribution in [3.8, 4) is 0 Å². The summed E-state index contributed by atoms with van der Waals surface area (Å²) in [5, 5.41) is 4.75. The number of amides is 1. The summed E-state index contributed by atoms with van der Waals surface area (Å²) in [4.78, 5) is 15.1. The molecule has 0 aromatic rings. The van der Waals surface area contributed by atoms with Gasteiger partial charge in [-0.15, -0.1) is 0 Å². The third kappa shape index (κ3) is 2.78. The Morgan fingerprint density at radius 3 is 2.18 bits per heavy atom. The number of carbonyl (C=O) groups excluding carboxylic acids is 1. The topological polar surface area (TPSA) is 83.7 Å². The van der Waals surface area contributed by atoms with Crippen LogP contribution in [0.25, 0.3) is 0 Å². The first-order valence-electron chi connectivity index (χ1n) is 5.89. The zero-order valence-corrected chi connectivity index (χ0v) is 10.8. The maximum atomic E-state index is 11.2. The van der Waals surface area contributed by atoms with E-state index in [1.807, 2.05) is 0 Å². The number of sulfonamides is 1. The molecule has 0 bridgehead atoms. The predicted octanol–water partition coefficient (Wildman–Crippen LogP) is -1.03. The summed E-state index contributed by atoms with van der Waals surface area (Å²) in [6.07, 6.45) is 1.21. The molecule has 2 heterocycles. The normalized spacial score (nSPS) is 24.7. The molecule has 0 aliphatic carbocycles. The molecule has 0 unspecified atom stereocenters. The number of hydrogen-bond donors (Lipinski definition) is 1. The van der Waals surface area contributed by atoms with E-state index < -0.39 is 10.0 Å². The Bertz CT molecular complexity index is 395. The Labute approximate surface area is 102 Å². The fourth-order valence-electron chi connectivity index (χ4n) is 2.51. The van der Waals surface area contributed by atoms with Gasteiger partial charge in [0.05, 0.1) is 5.25 Å². The first kappa shape index (κ1) is 12.8. The zero-order valence-electron chi connectivity index (χ0n) is 10.0. The molecule has 0 saturated carbocycles. The maximum absolute atomic E-state index is 11.2.